The predicted molar refractivity (Wildman–Crippen MR) is 94.1 cm³/mol. The summed E-state index contributed by atoms with van der Waals surface area (Å²) in [5.74, 6) is 7.54. The minimum atomic E-state index is 0.567. The second-order valence-electron chi connectivity index (χ2n) is 7.42. The van der Waals surface area contributed by atoms with Crippen LogP contribution >= 0.6 is 0 Å². The SMILES string of the molecule is CCCCCCCCCCCC(NN)C1CCCC(C)C1. The van der Waals surface area contributed by atoms with Crippen LogP contribution in [-0.2, 0) is 0 Å². The molecule has 1 saturated carbocycles. The van der Waals surface area contributed by atoms with Gasteiger partial charge in [0.15, 0.2) is 0 Å². The number of hydrazine groups is 1. The van der Waals surface area contributed by atoms with E-state index in [9.17, 15) is 0 Å². The van der Waals surface area contributed by atoms with E-state index in [0.717, 1.165) is 11.8 Å². The highest BCUT2D eigenvalue weighted by Gasteiger charge is 2.25. The standard InChI is InChI=1S/C19H40N2/c1-3-4-5-6-7-8-9-10-11-15-19(21-20)18-14-12-13-17(2)16-18/h17-19,21H,3-16,20H2,1-2H3. The highest BCUT2D eigenvalue weighted by Crippen LogP contribution is 2.32. The van der Waals surface area contributed by atoms with Crippen molar-refractivity contribution in [2.45, 2.75) is 110 Å². The van der Waals surface area contributed by atoms with E-state index in [-0.39, 0.29) is 0 Å². The molecular weight excluding hydrogens is 256 g/mol. The fourth-order valence-corrected chi connectivity index (χ4v) is 3.98. The van der Waals surface area contributed by atoms with Gasteiger partial charge in [0.05, 0.1) is 0 Å². The van der Waals surface area contributed by atoms with Gasteiger partial charge >= 0.3 is 0 Å². The molecule has 0 aromatic heterocycles. The predicted octanol–water partition coefficient (Wildman–Crippen LogP) is 5.57. The van der Waals surface area contributed by atoms with Gasteiger partial charge in [-0.3, -0.25) is 11.3 Å². The van der Waals surface area contributed by atoms with E-state index in [1.54, 1.807) is 0 Å². The molecule has 126 valence electrons. The molecule has 2 nitrogen and oxygen atoms in total. The number of hydrogen-bond donors (Lipinski definition) is 2. The summed E-state index contributed by atoms with van der Waals surface area (Å²) in [7, 11) is 0. The first-order chi connectivity index (χ1) is 10.3. The normalized spacial score (nSPS) is 24.1. The lowest BCUT2D eigenvalue weighted by atomic mass is 9.77. The van der Waals surface area contributed by atoms with Gasteiger partial charge in [-0.25, -0.2) is 0 Å². The first-order valence-corrected chi connectivity index (χ1v) is 9.74. The van der Waals surface area contributed by atoms with Gasteiger partial charge in [0.1, 0.15) is 0 Å². The molecule has 1 rings (SSSR count). The minimum Gasteiger partial charge on any atom is -0.271 e. The molecule has 0 heterocycles. The molecule has 0 aromatic rings. The lowest BCUT2D eigenvalue weighted by Gasteiger charge is -2.33. The molecule has 0 radical (unpaired) electrons. The number of nitrogens with one attached hydrogen (secondary N) is 1. The molecule has 1 fully saturated rings. The summed E-state index contributed by atoms with van der Waals surface area (Å²) in [5, 5.41) is 0. The zero-order valence-corrected chi connectivity index (χ0v) is 14.7. The van der Waals surface area contributed by atoms with Crippen molar-refractivity contribution in [2.24, 2.45) is 17.7 Å². The summed E-state index contributed by atoms with van der Waals surface area (Å²) in [4.78, 5) is 0. The summed E-state index contributed by atoms with van der Waals surface area (Å²) in [6.45, 7) is 4.69. The van der Waals surface area contributed by atoms with Crippen LogP contribution in [0.3, 0.4) is 0 Å². The van der Waals surface area contributed by atoms with Crippen LogP contribution in [0.15, 0.2) is 0 Å². The highest BCUT2D eigenvalue weighted by atomic mass is 15.2. The van der Waals surface area contributed by atoms with Crippen molar-refractivity contribution in [2.75, 3.05) is 0 Å². The van der Waals surface area contributed by atoms with Gasteiger partial charge in [0.2, 0.25) is 0 Å². The zero-order valence-electron chi connectivity index (χ0n) is 14.7. The van der Waals surface area contributed by atoms with Crippen LogP contribution < -0.4 is 11.3 Å². The maximum Gasteiger partial charge on any atom is 0.0238 e. The third-order valence-corrected chi connectivity index (χ3v) is 5.38. The Morgan fingerprint density at radius 3 is 2.14 bits per heavy atom. The van der Waals surface area contributed by atoms with Gasteiger partial charge in [-0.1, -0.05) is 84.5 Å². The van der Waals surface area contributed by atoms with Crippen molar-refractivity contribution in [3.05, 3.63) is 0 Å². The molecule has 0 saturated heterocycles. The van der Waals surface area contributed by atoms with Crippen molar-refractivity contribution in [3.8, 4) is 0 Å². The van der Waals surface area contributed by atoms with Gasteiger partial charge in [-0.15, -0.1) is 0 Å². The average Bonchev–Trinajstić information content (AvgIpc) is 2.49. The summed E-state index contributed by atoms with van der Waals surface area (Å²) in [6.07, 6.45) is 19.6. The van der Waals surface area contributed by atoms with Gasteiger partial charge in [0, 0.05) is 6.04 Å². The zero-order chi connectivity index (χ0) is 15.3. The lowest BCUT2D eigenvalue weighted by Crippen LogP contribution is -2.42. The van der Waals surface area contributed by atoms with Crippen molar-refractivity contribution in [3.63, 3.8) is 0 Å². The Morgan fingerprint density at radius 1 is 0.952 bits per heavy atom. The number of rotatable bonds is 12. The van der Waals surface area contributed by atoms with E-state index in [0.29, 0.717) is 6.04 Å². The van der Waals surface area contributed by atoms with Gasteiger partial charge in [0.25, 0.3) is 0 Å². The Bertz CT molecular complexity index is 230. The summed E-state index contributed by atoms with van der Waals surface area (Å²) >= 11 is 0. The molecule has 0 aromatic carbocycles. The van der Waals surface area contributed by atoms with E-state index in [1.807, 2.05) is 0 Å². The van der Waals surface area contributed by atoms with Crippen molar-refractivity contribution in [1.29, 1.82) is 0 Å². The van der Waals surface area contributed by atoms with Crippen LogP contribution in [0.5, 0.6) is 0 Å². The second kappa shape index (κ2) is 12.5. The fourth-order valence-electron chi connectivity index (χ4n) is 3.98. The molecule has 3 N–H and O–H groups in total. The minimum absolute atomic E-state index is 0.567. The van der Waals surface area contributed by atoms with Crippen LogP contribution in [-0.4, -0.2) is 6.04 Å². The third-order valence-electron chi connectivity index (χ3n) is 5.38. The molecule has 3 unspecified atom stereocenters. The molecule has 0 aliphatic heterocycles. The van der Waals surface area contributed by atoms with Gasteiger partial charge < -0.3 is 0 Å². The Balaban J connectivity index is 1.99. The van der Waals surface area contributed by atoms with Crippen LogP contribution in [0.1, 0.15) is 104 Å². The fraction of sp³-hybridized carbons (Fsp3) is 1.00. The number of unbranched alkanes of at least 4 members (excludes halogenated alkanes) is 8. The van der Waals surface area contributed by atoms with Crippen molar-refractivity contribution < 1.29 is 0 Å². The summed E-state index contributed by atoms with van der Waals surface area (Å²) in [5.41, 5.74) is 3.12. The monoisotopic (exact) mass is 296 g/mol. The van der Waals surface area contributed by atoms with Crippen LogP contribution in [0.4, 0.5) is 0 Å². The van der Waals surface area contributed by atoms with E-state index >= 15 is 0 Å². The maximum absolute atomic E-state index is 5.81. The van der Waals surface area contributed by atoms with E-state index < -0.39 is 0 Å². The second-order valence-corrected chi connectivity index (χ2v) is 7.42. The van der Waals surface area contributed by atoms with Crippen LogP contribution in [0.25, 0.3) is 0 Å². The Hall–Kier alpha value is -0.0800. The first kappa shape index (κ1) is 19.0. The largest absolute Gasteiger partial charge is 0.271 e. The Labute approximate surface area is 133 Å². The lowest BCUT2D eigenvalue weighted by molar-refractivity contribution is 0.213. The van der Waals surface area contributed by atoms with E-state index in [4.69, 9.17) is 5.84 Å². The van der Waals surface area contributed by atoms with Crippen LogP contribution in [0.2, 0.25) is 0 Å². The van der Waals surface area contributed by atoms with Gasteiger partial charge in [-0.05, 0) is 31.1 Å². The third kappa shape index (κ3) is 8.83. The molecule has 1 aliphatic carbocycles. The molecular formula is C19H40N2. The van der Waals surface area contributed by atoms with Crippen LogP contribution in [0, 0.1) is 11.8 Å². The topological polar surface area (TPSA) is 38.0 Å². The molecule has 0 spiro atoms. The van der Waals surface area contributed by atoms with E-state index in [2.05, 4.69) is 19.3 Å². The first-order valence-electron chi connectivity index (χ1n) is 9.74. The molecule has 21 heavy (non-hydrogen) atoms. The molecule has 0 amide bonds. The Kier molecular flexibility index (Phi) is 11.3. The van der Waals surface area contributed by atoms with Crippen molar-refractivity contribution in [1.82, 2.24) is 5.43 Å². The van der Waals surface area contributed by atoms with Crippen molar-refractivity contribution >= 4 is 0 Å². The quantitative estimate of drug-likeness (QED) is 0.281. The van der Waals surface area contributed by atoms with E-state index in [1.165, 1.54) is 89.9 Å². The van der Waals surface area contributed by atoms with Gasteiger partial charge in [-0.2, -0.15) is 0 Å². The number of hydrogen-bond acceptors (Lipinski definition) is 2. The molecule has 3 atom stereocenters. The highest BCUT2D eigenvalue weighted by molar-refractivity contribution is 4.80. The number of nitrogens with two attached hydrogens (primary N) is 1. The Morgan fingerprint density at radius 2 is 1.57 bits per heavy atom. The summed E-state index contributed by atoms with van der Waals surface area (Å²) < 4.78 is 0. The summed E-state index contributed by atoms with van der Waals surface area (Å²) in [6, 6.07) is 0.567. The maximum atomic E-state index is 5.81. The molecule has 0 bridgehead atoms. The smallest absolute Gasteiger partial charge is 0.0238 e. The molecule has 2 heteroatoms. The average molecular weight is 297 g/mol. The molecule has 1 aliphatic rings.